The van der Waals surface area contributed by atoms with Gasteiger partial charge in [0.25, 0.3) is 5.91 Å². The van der Waals surface area contributed by atoms with Crippen molar-refractivity contribution in [3.8, 4) is 6.07 Å². The van der Waals surface area contributed by atoms with E-state index in [9.17, 15) is 14.9 Å². The second kappa shape index (κ2) is 9.04. The molecule has 0 saturated carbocycles. The third-order valence-corrected chi connectivity index (χ3v) is 4.45. The number of carbonyl (C=O) groups is 2. The van der Waals surface area contributed by atoms with Gasteiger partial charge in [-0.25, -0.2) is 0 Å². The van der Waals surface area contributed by atoms with Crippen LogP contribution in [0.25, 0.3) is 0 Å². The molecule has 2 rings (SSSR count). The lowest BCUT2D eigenvalue weighted by Crippen LogP contribution is -2.27. The molecule has 1 aliphatic rings. The van der Waals surface area contributed by atoms with Gasteiger partial charge >= 0.3 is 0 Å². The number of likely N-dealkylation sites (tertiary alicyclic amines) is 1. The van der Waals surface area contributed by atoms with E-state index in [2.05, 4.69) is 10.6 Å². The molecule has 1 aromatic carbocycles. The molecule has 2 N–H and O–H groups in total. The maximum atomic E-state index is 12.4. The molecular formula is C20H26N4O2. The molecule has 0 aliphatic carbocycles. The predicted molar refractivity (Wildman–Crippen MR) is 101 cm³/mol. The van der Waals surface area contributed by atoms with Crippen LogP contribution in [0.4, 0.5) is 5.69 Å². The largest absolute Gasteiger partial charge is 0.390 e. The Morgan fingerprint density at radius 1 is 1.31 bits per heavy atom. The second-order valence-electron chi connectivity index (χ2n) is 6.69. The zero-order valence-corrected chi connectivity index (χ0v) is 15.7. The number of carbonyl (C=O) groups excluding carboxylic acids is 2. The van der Waals surface area contributed by atoms with E-state index < -0.39 is 5.91 Å². The number of amides is 2. The molecule has 6 nitrogen and oxygen atoms in total. The molecule has 6 heteroatoms. The van der Waals surface area contributed by atoms with Gasteiger partial charge in [-0.05, 0) is 44.7 Å². The van der Waals surface area contributed by atoms with Gasteiger partial charge in [-0.1, -0.05) is 17.7 Å². The summed E-state index contributed by atoms with van der Waals surface area (Å²) in [5.74, 6) is -0.216. The Hall–Kier alpha value is -2.81. The lowest BCUT2D eigenvalue weighted by atomic mass is 10.0. The number of hydrogen-bond acceptors (Lipinski definition) is 4. The normalized spacial score (nSPS) is 14.3. The minimum atomic E-state index is -0.426. The van der Waals surface area contributed by atoms with Crippen LogP contribution in [0.15, 0.2) is 23.9 Å². The van der Waals surface area contributed by atoms with Gasteiger partial charge in [0.15, 0.2) is 0 Å². The highest BCUT2D eigenvalue weighted by Crippen LogP contribution is 2.22. The Labute approximate surface area is 154 Å². The van der Waals surface area contributed by atoms with Crippen molar-refractivity contribution >= 4 is 17.5 Å². The van der Waals surface area contributed by atoms with Crippen LogP contribution in [0.3, 0.4) is 0 Å². The van der Waals surface area contributed by atoms with Gasteiger partial charge < -0.3 is 15.5 Å². The molecule has 0 radical (unpaired) electrons. The molecule has 0 bridgehead atoms. The molecule has 0 spiro atoms. The Balaban J connectivity index is 1.87. The van der Waals surface area contributed by atoms with Crippen molar-refractivity contribution in [3.05, 3.63) is 40.6 Å². The summed E-state index contributed by atoms with van der Waals surface area (Å²) >= 11 is 0. The van der Waals surface area contributed by atoms with E-state index in [4.69, 9.17) is 0 Å². The lowest BCUT2D eigenvalue weighted by molar-refractivity contribution is -0.127. The summed E-state index contributed by atoms with van der Waals surface area (Å²) in [6.07, 6.45) is 3.80. The van der Waals surface area contributed by atoms with Gasteiger partial charge in [-0.2, -0.15) is 5.26 Å². The molecule has 1 heterocycles. The number of anilines is 1. The summed E-state index contributed by atoms with van der Waals surface area (Å²) in [6, 6.07) is 5.93. The van der Waals surface area contributed by atoms with Crippen LogP contribution in [0.1, 0.15) is 36.0 Å². The first-order chi connectivity index (χ1) is 12.4. The number of nitrogens with zero attached hydrogens (tertiary/aromatic N) is 2. The molecule has 1 fully saturated rings. The standard InChI is InChI=1S/C20H26N4O2/c1-14-10-15(2)19(16(3)11-14)23-20(26)17(12-21)13-22-7-5-9-24-8-4-6-18(24)25/h10-11,13,22H,4-9H2,1-3H3,(H,23,26)/b17-13-. The van der Waals surface area contributed by atoms with Crippen molar-refractivity contribution in [1.29, 1.82) is 5.26 Å². The Morgan fingerprint density at radius 3 is 2.58 bits per heavy atom. The van der Waals surface area contributed by atoms with Gasteiger partial charge in [0, 0.05) is 37.9 Å². The van der Waals surface area contributed by atoms with Gasteiger partial charge in [0.2, 0.25) is 5.91 Å². The molecule has 1 aromatic rings. The highest BCUT2D eigenvalue weighted by atomic mass is 16.2. The number of nitrogens with one attached hydrogen (secondary N) is 2. The predicted octanol–water partition coefficient (Wildman–Crippen LogP) is 2.56. The molecule has 0 aromatic heterocycles. The number of aryl methyl sites for hydroxylation is 3. The number of nitriles is 1. The number of benzene rings is 1. The third-order valence-electron chi connectivity index (χ3n) is 4.45. The van der Waals surface area contributed by atoms with E-state index in [0.29, 0.717) is 19.5 Å². The monoisotopic (exact) mass is 354 g/mol. The van der Waals surface area contributed by atoms with Crippen molar-refractivity contribution in [3.63, 3.8) is 0 Å². The van der Waals surface area contributed by atoms with E-state index in [0.717, 1.165) is 41.8 Å². The van der Waals surface area contributed by atoms with E-state index in [1.54, 1.807) is 0 Å². The summed E-state index contributed by atoms with van der Waals surface area (Å²) in [7, 11) is 0. The molecule has 0 atom stereocenters. The van der Waals surface area contributed by atoms with Crippen LogP contribution in [-0.2, 0) is 9.59 Å². The van der Waals surface area contributed by atoms with Crippen molar-refractivity contribution < 1.29 is 9.59 Å². The first-order valence-corrected chi connectivity index (χ1v) is 8.93. The lowest BCUT2D eigenvalue weighted by Gasteiger charge is -2.15. The van der Waals surface area contributed by atoms with Crippen LogP contribution in [0, 0.1) is 32.1 Å². The van der Waals surface area contributed by atoms with Crippen molar-refractivity contribution in [2.24, 2.45) is 0 Å². The first-order valence-electron chi connectivity index (χ1n) is 8.93. The summed E-state index contributed by atoms with van der Waals surface area (Å²) in [5, 5.41) is 15.1. The second-order valence-corrected chi connectivity index (χ2v) is 6.69. The molecule has 26 heavy (non-hydrogen) atoms. The summed E-state index contributed by atoms with van der Waals surface area (Å²) in [6.45, 7) is 8.01. The van der Waals surface area contributed by atoms with Crippen molar-refractivity contribution in [2.75, 3.05) is 25.0 Å². The van der Waals surface area contributed by atoms with Gasteiger partial charge in [-0.3, -0.25) is 9.59 Å². The van der Waals surface area contributed by atoms with Gasteiger partial charge in [-0.15, -0.1) is 0 Å². The molecule has 0 unspecified atom stereocenters. The molecule has 2 amide bonds. The van der Waals surface area contributed by atoms with E-state index in [1.807, 2.05) is 43.9 Å². The van der Waals surface area contributed by atoms with Gasteiger partial charge in [0.1, 0.15) is 11.6 Å². The fraction of sp³-hybridized carbons (Fsp3) is 0.450. The Kier molecular flexibility index (Phi) is 6.79. The first kappa shape index (κ1) is 19.5. The van der Waals surface area contributed by atoms with E-state index in [-0.39, 0.29) is 11.5 Å². The maximum absolute atomic E-state index is 12.4. The smallest absolute Gasteiger partial charge is 0.267 e. The van der Waals surface area contributed by atoms with Crippen LogP contribution >= 0.6 is 0 Å². The van der Waals surface area contributed by atoms with E-state index >= 15 is 0 Å². The fourth-order valence-corrected chi connectivity index (χ4v) is 3.19. The number of rotatable bonds is 7. The molecule has 1 aliphatic heterocycles. The Bertz CT molecular complexity index is 739. The van der Waals surface area contributed by atoms with Crippen molar-refractivity contribution in [1.82, 2.24) is 10.2 Å². The Morgan fingerprint density at radius 2 is 2.00 bits per heavy atom. The topological polar surface area (TPSA) is 85.2 Å². The van der Waals surface area contributed by atoms with Crippen LogP contribution in [0.5, 0.6) is 0 Å². The summed E-state index contributed by atoms with van der Waals surface area (Å²) in [4.78, 5) is 25.7. The summed E-state index contributed by atoms with van der Waals surface area (Å²) < 4.78 is 0. The number of hydrogen-bond donors (Lipinski definition) is 2. The van der Waals surface area contributed by atoms with Crippen LogP contribution in [0.2, 0.25) is 0 Å². The average Bonchev–Trinajstić information content (AvgIpc) is 2.99. The van der Waals surface area contributed by atoms with Crippen LogP contribution < -0.4 is 10.6 Å². The third kappa shape index (κ3) is 5.09. The zero-order valence-electron chi connectivity index (χ0n) is 15.7. The van der Waals surface area contributed by atoms with Crippen LogP contribution in [-0.4, -0.2) is 36.3 Å². The SMILES string of the molecule is Cc1cc(C)c(NC(=O)/C(C#N)=C\NCCCN2CCCC2=O)c(C)c1. The molecule has 1 saturated heterocycles. The minimum Gasteiger partial charge on any atom is -0.390 e. The van der Waals surface area contributed by atoms with E-state index in [1.165, 1.54) is 6.20 Å². The summed E-state index contributed by atoms with van der Waals surface area (Å²) in [5.41, 5.74) is 3.84. The molecular weight excluding hydrogens is 328 g/mol. The maximum Gasteiger partial charge on any atom is 0.267 e. The fourth-order valence-electron chi connectivity index (χ4n) is 3.19. The average molecular weight is 354 g/mol. The highest BCUT2D eigenvalue weighted by molar-refractivity contribution is 6.07. The quantitative estimate of drug-likeness (QED) is 0.448. The van der Waals surface area contributed by atoms with Gasteiger partial charge in [0.05, 0.1) is 0 Å². The molecule has 138 valence electrons. The highest BCUT2D eigenvalue weighted by Gasteiger charge is 2.19. The minimum absolute atomic E-state index is 0.0293. The zero-order chi connectivity index (χ0) is 19.1. The van der Waals surface area contributed by atoms with Crippen molar-refractivity contribution in [2.45, 2.75) is 40.0 Å².